The van der Waals surface area contributed by atoms with Crippen molar-refractivity contribution in [2.75, 3.05) is 0 Å². The molecule has 0 fully saturated rings. The molecular weight excluding hydrogens is 126 g/mol. The first-order valence-corrected chi connectivity index (χ1v) is 3.40. The first-order chi connectivity index (χ1) is 3.77. The molecule has 0 aliphatic rings. The van der Waals surface area contributed by atoms with Gasteiger partial charge in [-0.1, -0.05) is 13.0 Å². The minimum absolute atomic E-state index is 0.865. The third kappa shape index (κ3) is 5.65. The second kappa shape index (κ2) is 4.80. The summed E-state index contributed by atoms with van der Waals surface area (Å²) in [6, 6.07) is 0. The van der Waals surface area contributed by atoms with Gasteiger partial charge in [0, 0.05) is 6.20 Å². The molecule has 0 saturated heterocycles. The van der Waals surface area contributed by atoms with Crippen LogP contribution in [0.2, 0.25) is 0 Å². The Morgan fingerprint density at radius 3 is 2.88 bits per heavy atom. The van der Waals surface area contributed by atoms with E-state index < -0.39 is 11.3 Å². The molecule has 2 N–H and O–H groups in total. The fourth-order valence-electron chi connectivity index (χ4n) is 0.224. The molecule has 0 aliphatic carbocycles. The molecular formula is C4H9NO2S. The molecule has 0 aromatic heterocycles. The van der Waals surface area contributed by atoms with E-state index in [2.05, 4.69) is 4.72 Å². The van der Waals surface area contributed by atoms with Crippen molar-refractivity contribution in [1.29, 1.82) is 0 Å². The van der Waals surface area contributed by atoms with Gasteiger partial charge in [-0.05, 0) is 6.42 Å². The average Bonchev–Trinajstić information content (AvgIpc) is 1.66. The number of rotatable bonds is 3. The highest BCUT2D eigenvalue weighted by atomic mass is 32.2. The molecule has 0 aliphatic heterocycles. The number of hydrogen-bond donors (Lipinski definition) is 2. The van der Waals surface area contributed by atoms with Gasteiger partial charge in [0.1, 0.15) is 0 Å². The summed E-state index contributed by atoms with van der Waals surface area (Å²) >= 11 is -1.90. The molecule has 0 aromatic rings. The van der Waals surface area contributed by atoms with E-state index in [0.717, 1.165) is 6.42 Å². The van der Waals surface area contributed by atoms with Gasteiger partial charge in [0.25, 0.3) is 11.3 Å². The topological polar surface area (TPSA) is 49.3 Å². The maximum Gasteiger partial charge on any atom is 0.258 e. The van der Waals surface area contributed by atoms with E-state index in [0.29, 0.717) is 0 Å². The zero-order chi connectivity index (χ0) is 6.41. The summed E-state index contributed by atoms with van der Waals surface area (Å²) in [6.07, 6.45) is 4.08. The van der Waals surface area contributed by atoms with Gasteiger partial charge < -0.3 is 0 Å². The molecule has 8 heavy (non-hydrogen) atoms. The van der Waals surface area contributed by atoms with E-state index in [1.54, 1.807) is 6.08 Å². The van der Waals surface area contributed by atoms with E-state index in [-0.39, 0.29) is 0 Å². The third-order valence-electron chi connectivity index (χ3n) is 0.522. The summed E-state index contributed by atoms with van der Waals surface area (Å²) in [4.78, 5) is 0. The van der Waals surface area contributed by atoms with Gasteiger partial charge in [0.05, 0.1) is 0 Å². The molecule has 0 rings (SSSR count). The van der Waals surface area contributed by atoms with Gasteiger partial charge in [-0.3, -0.25) is 9.27 Å². The highest BCUT2D eigenvalue weighted by Crippen LogP contribution is 1.74. The van der Waals surface area contributed by atoms with Crippen LogP contribution in [-0.2, 0) is 11.3 Å². The van der Waals surface area contributed by atoms with Crippen molar-refractivity contribution in [3.63, 3.8) is 0 Å². The maximum absolute atomic E-state index is 9.82. The van der Waals surface area contributed by atoms with E-state index in [1.165, 1.54) is 6.20 Å². The van der Waals surface area contributed by atoms with E-state index >= 15 is 0 Å². The first-order valence-electron chi connectivity index (χ1n) is 2.29. The van der Waals surface area contributed by atoms with Gasteiger partial charge in [0.2, 0.25) is 0 Å². The van der Waals surface area contributed by atoms with Crippen molar-refractivity contribution in [2.45, 2.75) is 13.3 Å². The number of hydrogen-bond acceptors (Lipinski definition) is 1. The van der Waals surface area contributed by atoms with E-state index in [1.807, 2.05) is 6.92 Å². The van der Waals surface area contributed by atoms with Crippen LogP contribution in [0.15, 0.2) is 12.3 Å². The van der Waals surface area contributed by atoms with Crippen LogP contribution in [-0.4, -0.2) is 8.76 Å². The Hall–Kier alpha value is -0.350. The van der Waals surface area contributed by atoms with E-state index in [4.69, 9.17) is 4.55 Å². The summed E-state index contributed by atoms with van der Waals surface area (Å²) in [5.41, 5.74) is 0. The zero-order valence-corrected chi connectivity index (χ0v) is 5.44. The minimum Gasteiger partial charge on any atom is -0.290 e. The van der Waals surface area contributed by atoms with Crippen molar-refractivity contribution >= 4 is 11.3 Å². The molecule has 1 atom stereocenters. The molecule has 3 nitrogen and oxygen atoms in total. The predicted molar refractivity (Wildman–Crippen MR) is 33.3 cm³/mol. The summed E-state index contributed by atoms with van der Waals surface area (Å²) in [7, 11) is 0. The lowest BCUT2D eigenvalue weighted by atomic mass is 10.5. The molecule has 48 valence electrons. The van der Waals surface area contributed by atoms with Crippen molar-refractivity contribution in [2.24, 2.45) is 0 Å². The molecule has 0 spiro atoms. The van der Waals surface area contributed by atoms with Crippen molar-refractivity contribution in [3.05, 3.63) is 12.3 Å². The van der Waals surface area contributed by atoms with Crippen LogP contribution in [0.3, 0.4) is 0 Å². The van der Waals surface area contributed by atoms with Crippen molar-refractivity contribution in [3.8, 4) is 0 Å². The molecule has 0 radical (unpaired) electrons. The largest absolute Gasteiger partial charge is 0.290 e. The molecule has 0 heterocycles. The average molecular weight is 135 g/mol. The van der Waals surface area contributed by atoms with Gasteiger partial charge in [-0.2, -0.15) is 0 Å². The summed E-state index contributed by atoms with van der Waals surface area (Å²) < 4.78 is 20.1. The van der Waals surface area contributed by atoms with Gasteiger partial charge >= 0.3 is 0 Å². The Bertz CT molecular complexity index is 102. The zero-order valence-electron chi connectivity index (χ0n) is 4.63. The lowest BCUT2D eigenvalue weighted by molar-refractivity contribution is 0.558. The molecule has 0 amide bonds. The monoisotopic (exact) mass is 135 g/mol. The van der Waals surface area contributed by atoms with Crippen LogP contribution < -0.4 is 4.72 Å². The Morgan fingerprint density at radius 1 is 1.88 bits per heavy atom. The van der Waals surface area contributed by atoms with Crippen LogP contribution >= 0.6 is 0 Å². The second-order valence-corrected chi connectivity index (χ2v) is 1.91. The Kier molecular flexibility index (Phi) is 4.59. The Balaban J connectivity index is 3.16. The first kappa shape index (κ1) is 7.65. The summed E-state index contributed by atoms with van der Waals surface area (Å²) in [6.45, 7) is 1.94. The summed E-state index contributed by atoms with van der Waals surface area (Å²) in [5.74, 6) is 0. The fraction of sp³-hybridized carbons (Fsp3) is 0.500. The lowest BCUT2D eigenvalue weighted by Crippen LogP contribution is -2.06. The van der Waals surface area contributed by atoms with Crippen molar-refractivity contribution < 1.29 is 8.76 Å². The quantitative estimate of drug-likeness (QED) is 0.558. The predicted octanol–water partition coefficient (Wildman–Crippen LogP) is 0.636. The lowest BCUT2D eigenvalue weighted by Gasteiger charge is -1.86. The highest BCUT2D eigenvalue weighted by Gasteiger charge is 1.78. The standard InChI is InChI=1S/C4H9NO2S/c1-2-3-4-5-8(6)7/h3-5H,2H2,1H3,(H,6,7). The van der Waals surface area contributed by atoms with Crippen molar-refractivity contribution in [1.82, 2.24) is 4.72 Å². The minimum atomic E-state index is -1.90. The molecule has 0 bridgehead atoms. The normalized spacial score (nSPS) is 14.2. The summed E-state index contributed by atoms with van der Waals surface area (Å²) in [5, 5.41) is 0. The highest BCUT2D eigenvalue weighted by molar-refractivity contribution is 7.77. The van der Waals surface area contributed by atoms with Crippen LogP contribution in [0.5, 0.6) is 0 Å². The Morgan fingerprint density at radius 2 is 2.50 bits per heavy atom. The van der Waals surface area contributed by atoms with Crippen LogP contribution in [0.1, 0.15) is 13.3 Å². The van der Waals surface area contributed by atoms with Crippen LogP contribution in [0.25, 0.3) is 0 Å². The van der Waals surface area contributed by atoms with Gasteiger partial charge in [-0.15, -0.1) is 0 Å². The molecule has 0 aromatic carbocycles. The SMILES string of the molecule is CCC=CNS(=O)O. The van der Waals surface area contributed by atoms with Crippen LogP contribution in [0, 0.1) is 0 Å². The molecule has 1 unspecified atom stereocenters. The smallest absolute Gasteiger partial charge is 0.258 e. The molecule has 0 saturated carbocycles. The third-order valence-corrected chi connectivity index (χ3v) is 0.860. The Labute approximate surface area is 51.2 Å². The molecule has 4 heteroatoms. The second-order valence-electron chi connectivity index (χ2n) is 1.18. The van der Waals surface area contributed by atoms with Gasteiger partial charge in [-0.25, -0.2) is 4.21 Å². The van der Waals surface area contributed by atoms with Crippen LogP contribution in [0.4, 0.5) is 0 Å². The van der Waals surface area contributed by atoms with Gasteiger partial charge in [0.15, 0.2) is 0 Å². The van der Waals surface area contributed by atoms with E-state index in [9.17, 15) is 4.21 Å². The fourth-order valence-corrected chi connectivity index (χ4v) is 0.437. The number of allylic oxidation sites excluding steroid dienone is 1. The number of nitrogens with one attached hydrogen (secondary N) is 1. The maximum atomic E-state index is 9.82.